The van der Waals surface area contributed by atoms with E-state index >= 15 is 0 Å². The first kappa shape index (κ1) is 16.6. The number of morpholine rings is 1. The second-order valence-electron chi connectivity index (χ2n) is 6.18. The summed E-state index contributed by atoms with van der Waals surface area (Å²) < 4.78 is 12.7. The molecule has 0 aliphatic carbocycles. The van der Waals surface area contributed by atoms with Crippen LogP contribution >= 0.6 is 0 Å². The first-order valence-electron chi connectivity index (χ1n) is 8.71. The van der Waals surface area contributed by atoms with Crippen molar-refractivity contribution in [1.29, 1.82) is 0 Å². The highest BCUT2D eigenvalue weighted by Gasteiger charge is 2.16. The number of rotatable bonds is 5. The lowest BCUT2D eigenvalue weighted by atomic mass is 10.2. The molecule has 1 N–H and O–H groups in total. The van der Waals surface area contributed by atoms with Crippen LogP contribution in [0.1, 0.15) is 12.8 Å². The molecule has 26 heavy (non-hydrogen) atoms. The Kier molecular flexibility index (Phi) is 4.57. The van der Waals surface area contributed by atoms with Gasteiger partial charge in [-0.25, -0.2) is 0 Å². The Bertz CT molecular complexity index is 988. The zero-order valence-corrected chi connectivity index (χ0v) is 14.3. The number of hydrogen-bond acceptors (Lipinski definition) is 5. The van der Waals surface area contributed by atoms with Gasteiger partial charge in [0.25, 0.3) is 5.56 Å². The molecule has 8 nitrogen and oxygen atoms in total. The summed E-state index contributed by atoms with van der Waals surface area (Å²) in [6.45, 7) is 2.96. The van der Waals surface area contributed by atoms with Crippen molar-refractivity contribution in [2.75, 3.05) is 32.9 Å². The van der Waals surface area contributed by atoms with E-state index in [1.165, 1.54) is 0 Å². The number of amides is 1. The Morgan fingerprint density at radius 1 is 1.27 bits per heavy atom. The fourth-order valence-electron chi connectivity index (χ4n) is 3.10. The Hall–Kier alpha value is -2.87. The number of hydrogen-bond donors (Lipinski definition) is 1. The molecule has 0 unspecified atom stereocenters. The third-order valence-electron chi connectivity index (χ3n) is 4.46. The first-order chi connectivity index (χ1) is 12.7. The lowest BCUT2D eigenvalue weighted by Gasteiger charge is -2.26. The van der Waals surface area contributed by atoms with Gasteiger partial charge in [0.15, 0.2) is 5.65 Å². The third-order valence-corrected chi connectivity index (χ3v) is 4.46. The van der Waals surface area contributed by atoms with Gasteiger partial charge in [-0.3, -0.25) is 14.0 Å². The van der Waals surface area contributed by atoms with Crippen molar-refractivity contribution in [3.63, 3.8) is 0 Å². The molecule has 0 radical (unpaired) electrons. The Morgan fingerprint density at radius 2 is 2.12 bits per heavy atom. The molecule has 0 bridgehead atoms. The van der Waals surface area contributed by atoms with Gasteiger partial charge < -0.3 is 19.4 Å². The largest absolute Gasteiger partial charge is 0.478 e. The summed E-state index contributed by atoms with van der Waals surface area (Å²) in [5.41, 5.74) is 1.66. The summed E-state index contributed by atoms with van der Waals surface area (Å²) in [5, 5.41) is 0. The van der Waals surface area contributed by atoms with Crippen molar-refractivity contribution in [1.82, 2.24) is 19.3 Å². The molecule has 1 aliphatic rings. The van der Waals surface area contributed by atoms with E-state index in [1.54, 1.807) is 34.9 Å². The number of pyridine rings is 1. The van der Waals surface area contributed by atoms with Crippen LogP contribution in [0.15, 0.2) is 35.3 Å². The highest BCUT2D eigenvalue weighted by atomic mass is 16.5. The van der Waals surface area contributed by atoms with Crippen molar-refractivity contribution < 1.29 is 14.3 Å². The number of fused-ring (bicyclic) bond motifs is 3. The maximum Gasteiger partial charge on any atom is 0.272 e. The summed E-state index contributed by atoms with van der Waals surface area (Å²) in [4.78, 5) is 33.2. The molecule has 1 amide bonds. The van der Waals surface area contributed by atoms with Gasteiger partial charge in [-0.05, 0) is 24.6 Å². The molecule has 4 rings (SSSR count). The van der Waals surface area contributed by atoms with Crippen LogP contribution in [0.5, 0.6) is 5.88 Å². The van der Waals surface area contributed by atoms with Gasteiger partial charge in [-0.15, -0.1) is 0 Å². The molecule has 1 saturated heterocycles. The van der Waals surface area contributed by atoms with Crippen molar-refractivity contribution in [3.05, 3.63) is 40.8 Å². The van der Waals surface area contributed by atoms with Crippen LogP contribution in [0.2, 0.25) is 0 Å². The molecule has 0 aromatic carbocycles. The molecule has 4 heterocycles. The van der Waals surface area contributed by atoms with Gasteiger partial charge >= 0.3 is 0 Å². The maximum atomic E-state index is 12.1. The average Bonchev–Trinajstić information content (AvgIpc) is 3.17. The lowest BCUT2D eigenvalue weighted by molar-refractivity contribution is -0.135. The third kappa shape index (κ3) is 3.28. The number of carbonyl (C=O) groups is 1. The van der Waals surface area contributed by atoms with E-state index in [-0.39, 0.29) is 11.5 Å². The molecular formula is C18H20N4O4. The van der Waals surface area contributed by atoms with E-state index in [1.807, 2.05) is 4.90 Å². The second-order valence-corrected chi connectivity index (χ2v) is 6.18. The topological polar surface area (TPSA) is 88.9 Å². The van der Waals surface area contributed by atoms with Crippen LogP contribution in [-0.4, -0.2) is 58.1 Å². The summed E-state index contributed by atoms with van der Waals surface area (Å²) in [6, 6.07) is 7.04. The molecule has 8 heteroatoms. The predicted octanol–water partition coefficient (Wildman–Crippen LogP) is 1.19. The Labute approximate surface area is 149 Å². The van der Waals surface area contributed by atoms with E-state index in [0.717, 1.165) is 0 Å². The minimum Gasteiger partial charge on any atom is -0.478 e. The van der Waals surface area contributed by atoms with Crippen molar-refractivity contribution in [2.24, 2.45) is 0 Å². The van der Waals surface area contributed by atoms with Crippen molar-refractivity contribution in [2.45, 2.75) is 12.8 Å². The average molecular weight is 356 g/mol. The molecular weight excluding hydrogens is 336 g/mol. The molecule has 3 aromatic heterocycles. The molecule has 1 aliphatic heterocycles. The number of ether oxygens (including phenoxy) is 2. The van der Waals surface area contributed by atoms with Crippen LogP contribution in [-0.2, 0) is 9.53 Å². The van der Waals surface area contributed by atoms with Crippen molar-refractivity contribution >= 4 is 22.6 Å². The number of nitrogens with zero attached hydrogens (tertiary/aromatic N) is 3. The number of H-pyrrole nitrogens is 1. The quantitative estimate of drug-likeness (QED) is 0.694. The monoisotopic (exact) mass is 356 g/mol. The summed E-state index contributed by atoms with van der Waals surface area (Å²) in [5.74, 6) is 0.605. The standard InChI is InChI=1S/C18H20N4O4/c23-16(21-8-11-25-12-9-21)4-2-10-26-15-6-5-13-17(20-15)22-7-1-3-14(22)18(24)19-13/h1,3,5-7H,2,4,8-12H2,(H,19,24). The molecule has 136 valence electrons. The minimum absolute atomic E-state index is 0.134. The van der Waals surface area contributed by atoms with E-state index in [0.29, 0.717) is 68.3 Å². The van der Waals surface area contributed by atoms with Crippen LogP contribution < -0.4 is 10.3 Å². The van der Waals surface area contributed by atoms with Crippen molar-refractivity contribution in [3.8, 4) is 5.88 Å². The minimum atomic E-state index is -0.153. The predicted molar refractivity (Wildman–Crippen MR) is 95.4 cm³/mol. The van der Waals surface area contributed by atoms with Crippen LogP contribution in [0.25, 0.3) is 16.7 Å². The Morgan fingerprint density at radius 3 is 2.96 bits per heavy atom. The molecule has 3 aromatic rings. The number of aromatic amines is 1. The summed E-state index contributed by atoms with van der Waals surface area (Å²) >= 11 is 0. The Balaban J connectivity index is 1.39. The van der Waals surface area contributed by atoms with Gasteiger partial charge in [0.2, 0.25) is 11.8 Å². The van der Waals surface area contributed by atoms with Gasteiger partial charge in [0.1, 0.15) is 5.52 Å². The van der Waals surface area contributed by atoms with E-state index in [9.17, 15) is 9.59 Å². The molecule has 1 fully saturated rings. The molecule has 0 spiro atoms. The van der Waals surface area contributed by atoms with Crippen LogP contribution in [0.4, 0.5) is 0 Å². The zero-order valence-electron chi connectivity index (χ0n) is 14.3. The smallest absolute Gasteiger partial charge is 0.272 e. The summed E-state index contributed by atoms with van der Waals surface area (Å²) in [6.07, 6.45) is 2.87. The highest BCUT2D eigenvalue weighted by molar-refractivity contribution is 5.76. The van der Waals surface area contributed by atoms with Gasteiger partial charge in [-0.1, -0.05) is 0 Å². The zero-order chi connectivity index (χ0) is 17.9. The molecule has 0 atom stereocenters. The fourth-order valence-corrected chi connectivity index (χ4v) is 3.10. The van der Waals surface area contributed by atoms with E-state index in [4.69, 9.17) is 9.47 Å². The van der Waals surface area contributed by atoms with E-state index < -0.39 is 0 Å². The first-order valence-corrected chi connectivity index (χ1v) is 8.71. The highest BCUT2D eigenvalue weighted by Crippen LogP contribution is 2.16. The van der Waals surface area contributed by atoms with Gasteiger partial charge in [-0.2, -0.15) is 4.98 Å². The SMILES string of the molecule is O=C(CCCOc1ccc2[nH]c(=O)c3cccn3c2n1)N1CCOCC1. The van der Waals surface area contributed by atoms with E-state index in [2.05, 4.69) is 9.97 Å². The summed E-state index contributed by atoms with van der Waals surface area (Å²) in [7, 11) is 0. The lowest BCUT2D eigenvalue weighted by Crippen LogP contribution is -2.40. The fraction of sp³-hybridized carbons (Fsp3) is 0.389. The van der Waals surface area contributed by atoms with Gasteiger partial charge in [0.05, 0.1) is 25.3 Å². The normalized spacial score (nSPS) is 14.8. The van der Waals surface area contributed by atoms with Crippen LogP contribution in [0, 0.1) is 0 Å². The number of aromatic nitrogens is 3. The molecule has 0 saturated carbocycles. The second kappa shape index (κ2) is 7.17. The number of nitrogens with one attached hydrogen (secondary N) is 1. The van der Waals surface area contributed by atoms with Gasteiger partial charge in [0, 0.05) is 31.8 Å². The van der Waals surface area contributed by atoms with Crippen LogP contribution in [0.3, 0.4) is 0 Å². The number of carbonyl (C=O) groups excluding carboxylic acids is 1. The maximum absolute atomic E-state index is 12.1.